The summed E-state index contributed by atoms with van der Waals surface area (Å²) in [4.78, 5) is 4.04. The SMILES string of the molecule is NC(Cc1cccnc1)CC1CCS(=O)(=O)C1. The number of hydrogen-bond donors (Lipinski definition) is 1. The molecule has 2 atom stereocenters. The van der Waals surface area contributed by atoms with Gasteiger partial charge in [0.15, 0.2) is 9.84 Å². The Morgan fingerprint density at radius 1 is 1.53 bits per heavy atom. The normalized spacial score (nSPS) is 24.6. The molecule has 1 aromatic heterocycles. The van der Waals surface area contributed by atoms with Crippen molar-refractivity contribution in [3.05, 3.63) is 30.1 Å². The van der Waals surface area contributed by atoms with Gasteiger partial charge >= 0.3 is 0 Å². The fourth-order valence-electron chi connectivity index (χ4n) is 2.39. The van der Waals surface area contributed by atoms with Crippen molar-refractivity contribution in [2.24, 2.45) is 11.7 Å². The molecule has 1 saturated heterocycles. The molecule has 2 unspecified atom stereocenters. The first-order valence-electron chi connectivity index (χ1n) is 5.90. The molecule has 0 aliphatic carbocycles. The first-order valence-corrected chi connectivity index (χ1v) is 7.72. The molecule has 17 heavy (non-hydrogen) atoms. The molecule has 0 radical (unpaired) electrons. The number of nitrogens with zero attached hydrogens (tertiary/aromatic N) is 1. The Labute approximate surface area is 102 Å². The highest BCUT2D eigenvalue weighted by Crippen LogP contribution is 2.23. The summed E-state index contributed by atoms with van der Waals surface area (Å²) in [6, 6.07) is 3.91. The lowest BCUT2D eigenvalue weighted by molar-refractivity contribution is 0.468. The highest BCUT2D eigenvalue weighted by molar-refractivity contribution is 7.91. The Bertz CT molecular complexity index is 459. The zero-order valence-corrected chi connectivity index (χ0v) is 10.6. The van der Waals surface area contributed by atoms with Gasteiger partial charge in [-0.15, -0.1) is 0 Å². The van der Waals surface area contributed by atoms with Crippen LogP contribution in [0.25, 0.3) is 0 Å². The van der Waals surface area contributed by atoms with Crippen LogP contribution in [0, 0.1) is 5.92 Å². The molecule has 4 nitrogen and oxygen atoms in total. The van der Waals surface area contributed by atoms with Gasteiger partial charge in [-0.3, -0.25) is 4.98 Å². The highest BCUT2D eigenvalue weighted by Gasteiger charge is 2.28. The molecule has 2 N–H and O–H groups in total. The van der Waals surface area contributed by atoms with Crippen molar-refractivity contribution in [3.8, 4) is 0 Å². The third kappa shape index (κ3) is 3.78. The predicted octanol–water partition coefficient (Wildman–Crippen LogP) is 0.776. The summed E-state index contributed by atoms with van der Waals surface area (Å²) in [5.41, 5.74) is 7.16. The van der Waals surface area contributed by atoms with Gasteiger partial charge in [0.25, 0.3) is 0 Å². The van der Waals surface area contributed by atoms with E-state index in [2.05, 4.69) is 4.98 Å². The molecule has 94 valence electrons. The van der Waals surface area contributed by atoms with Gasteiger partial charge in [0.05, 0.1) is 11.5 Å². The molecule has 2 heterocycles. The van der Waals surface area contributed by atoms with Crippen molar-refractivity contribution >= 4 is 9.84 Å². The number of rotatable bonds is 4. The first kappa shape index (κ1) is 12.5. The number of pyridine rings is 1. The lowest BCUT2D eigenvalue weighted by Crippen LogP contribution is -2.26. The lowest BCUT2D eigenvalue weighted by atomic mass is 9.96. The van der Waals surface area contributed by atoms with Crippen LogP contribution in [0.2, 0.25) is 0 Å². The Balaban J connectivity index is 1.84. The van der Waals surface area contributed by atoms with Crippen molar-refractivity contribution in [1.82, 2.24) is 4.98 Å². The second-order valence-corrected chi connectivity index (χ2v) is 7.06. The third-order valence-corrected chi connectivity index (χ3v) is 5.02. The average molecular weight is 254 g/mol. The van der Waals surface area contributed by atoms with Crippen molar-refractivity contribution in [2.45, 2.75) is 25.3 Å². The van der Waals surface area contributed by atoms with Crippen LogP contribution in [0.1, 0.15) is 18.4 Å². The van der Waals surface area contributed by atoms with E-state index in [0.717, 1.165) is 24.8 Å². The first-order chi connectivity index (χ1) is 8.05. The second-order valence-electron chi connectivity index (χ2n) is 4.83. The van der Waals surface area contributed by atoms with E-state index in [1.54, 1.807) is 6.20 Å². The molecule has 0 aromatic carbocycles. The Hall–Kier alpha value is -0.940. The average Bonchev–Trinajstić information content (AvgIpc) is 2.59. The molecule has 1 aliphatic heterocycles. The standard InChI is InChI=1S/C12H18N2O2S/c13-12(6-10-2-1-4-14-8-10)7-11-3-5-17(15,16)9-11/h1-2,4,8,11-12H,3,5-7,9,13H2. The van der Waals surface area contributed by atoms with E-state index in [0.29, 0.717) is 11.5 Å². The summed E-state index contributed by atoms with van der Waals surface area (Å²) >= 11 is 0. The Morgan fingerprint density at radius 2 is 2.35 bits per heavy atom. The summed E-state index contributed by atoms with van der Waals surface area (Å²) in [5.74, 6) is 0.886. The fraction of sp³-hybridized carbons (Fsp3) is 0.583. The molecule has 5 heteroatoms. The molecule has 2 rings (SSSR count). The molecule has 0 spiro atoms. The monoisotopic (exact) mass is 254 g/mol. The summed E-state index contributed by atoms with van der Waals surface area (Å²) in [6.07, 6.45) is 5.87. The third-order valence-electron chi connectivity index (χ3n) is 3.18. The van der Waals surface area contributed by atoms with Gasteiger partial charge < -0.3 is 5.73 Å². The molecule has 1 aliphatic rings. The van der Waals surface area contributed by atoms with Gasteiger partial charge in [-0.05, 0) is 36.8 Å². The summed E-state index contributed by atoms with van der Waals surface area (Å²) < 4.78 is 22.7. The molecule has 0 amide bonds. The topological polar surface area (TPSA) is 73.0 Å². The van der Waals surface area contributed by atoms with E-state index in [4.69, 9.17) is 5.73 Å². The van der Waals surface area contributed by atoms with Crippen molar-refractivity contribution in [2.75, 3.05) is 11.5 Å². The van der Waals surface area contributed by atoms with Crippen molar-refractivity contribution in [3.63, 3.8) is 0 Å². The fourth-order valence-corrected chi connectivity index (χ4v) is 4.27. The van der Waals surface area contributed by atoms with Crippen LogP contribution < -0.4 is 5.73 Å². The minimum Gasteiger partial charge on any atom is -0.327 e. The molecule has 1 aromatic rings. The Kier molecular flexibility index (Phi) is 3.79. The maximum Gasteiger partial charge on any atom is 0.150 e. The molecule has 0 saturated carbocycles. The largest absolute Gasteiger partial charge is 0.327 e. The minimum absolute atomic E-state index is 0.0255. The van der Waals surface area contributed by atoms with Crippen LogP contribution in [-0.4, -0.2) is 30.9 Å². The number of aromatic nitrogens is 1. The van der Waals surface area contributed by atoms with Crippen molar-refractivity contribution in [1.29, 1.82) is 0 Å². The summed E-state index contributed by atoms with van der Waals surface area (Å²) in [7, 11) is -2.78. The van der Waals surface area contributed by atoms with E-state index in [1.165, 1.54) is 0 Å². The van der Waals surface area contributed by atoms with Gasteiger partial charge in [0.1, 0.15) is 0 Å². The summed E-state index contributed by atoms with van der Waals surface area (Å²) in [5, 5.41) is 0. The molecular weight excluding hydrogens is 236 g/mol. The van der Waals surface area contributed by atoms with Gasteiger partial charge in [-0.25, -0.2) is 8.42 Å². The van der Waals surface area contributed by atoms with Gasteiger partial charge in [0, 0.05) is 18.4 Å². The van der Waals surface area contributed by atoms with Gasteiger partial charge in [-0.2, -0.15) is 0 Å². The molecule has 0 bridgehead atoms. The zero-order valence-electron chi connectivity index (χ0n) is 9.75. The smallest absolute Gasteiger partial charge is 0.150 e. The van der Waals surface area contributed by atoms with Crippen LogP contribution in [0.15, 0.2) is 24.5 Å². The predicted molar refractivity (Wildman–Crippen MR) is 67.3 cm³/mol. The second kappa shape index (κ2) is 5.14. The van der Waals surface area contributed by atoms with Gasteiger partial charge in [-0.1, -0.05) is 6.07 Å². The van der Waals surface area contributed by atoms with E-state index < -0.39 is 9.84 Å². The number of sulfone groups is 1. The van der Waals surface area contributed by atoms with Crippen LogP contribution in [0.3, 0.4) is 0 Å². The van der Waals surface area contributed by atoms with Crippen LogP contribution in [-0.2, 0) is 16.3 Å². The van der Waals surface area contributed by atoms with Crippen LogP contribution in [0.4, 0.5) is 0 Å². The number of hydrogen-bond acceptors (Lipinski definition) is 4. The van der Waals surface area contributed by atoms with E-state index in [1.807, 2.05) is 18.3 Å². The highest BCUT2D eigenvalue weighted by atomic mass is 32.2. The van der Waals surface area contributed by atoms with E-state index >= 15 is 0 Å². The molecule has 1 fully saturated rings. The van der Waals surface area contributed by atoms with E-state index in [-0.39, 0.29) is 12.0 Å². The minimum atomic E-state index is -2.78. The number of nitrogens with two attached hydrogens (primary N) is 1. The van der Waals surface area contributed by atoms with Gasteiger partial charge in [0.2, 0.25) is 0 Å². The maximum absolute atomic E-state index is 11.3. The van der Waals surface area contributed by atoms with Crippen molar-refractivity contribution < 1.29 is 8.42 Å². The lowest BCUT2D eigenvalue weighted by Gasteiger charge is -2.15. The van der Waals surface area contributed by atoms with Crippen LogP contribution in [0.5, 0.6) is 0 Å². The molecular formula is C12H18N2O2S. The van der Waals surface area contributed by atoms with E-state index in [9.17, 15) is 8.42 Å². The maximum atomic E-state index is 11.3. The summed E-state index contributed by atoms with van der Waals surface area (Å²) in [6.45, 7) is 0. The quantitative estimate of drug-likeness (QED) is 0.861. The Morgan fingerprint density at radius 3 is 2.94 bits per heavy atom. The zero-order chi connectivity index (χ0) is 12.3. The van der Waals surface area contributed by atoms with Crippen LogP contribution >= 0.6 is 0 Å².